The van der Waals surface area contributed by atoms with E-state index in [4.69, 9.17) is 9.47 Å². The minimum Gasteiger partial charge on any atom is -0.495 e. The van der Waals surface area contributed by atoms with E-state index in [0.717, 1.165) is 36.1 Å². The molecule has 2 aromatic rings. The summed E-state index contributed by atoms with van der Waals surface area (Å²) in [7, 11) is -2.46. The molecule has 1 fully saturated rings. The fourth-order valence-corrected chi connectivity index (χ4v) is 6.72. The lowest BCUT2D eigenvalue weighted by Crippen LogP contribution is -2.40. The molecule has 164 valence electrons. The van der Waals surface area contributed by atoms with Gasteiger partial charge in [-0.25, -0.2) is 8.42 Å². The molecule has 0 saturated carbocycles. The van der Waals surface area contributed by atoms with E-state index in [0.29, 0.717) is 23.8 Å². The van der Waals surface area contributed by atoms with Crippen LogP contribution in [0, 0.1) is 11.3 Å². The lowest BCUT2D eigenvalue weighted by Gasteiger charge is -2.26. The van der Waals surface area contributed by atoms with Crippen molar-refractivity contribution in [2.24, 2.45) is 0 Å². The Balaban J connectivity index is 1.65. The smallest absolute Gasteiger partial charge is 0.256 e. The van der Waals surface area contributed by atoms with Gasteiger partial charge in [0.05, 0.1) is 25.9 Å². The van der Waals surface area contributed by atoms with Gasteiger partial charge in [0, 0.05) is 23.5 Å². The monoisotopic (exact) mass is 461 g/mol. The Bertz CT molecular complexity index is 1140. The average Bonchev–Trinajstić information content (AvgIpc) is 3.16. The van der Waals surface area contributed by atoms with Crippen LogP contribution in [0.4, 0.5) is 5.00 Å². The fourth-order valence-electron chi connectivity index (χ4n) is 3.89. The first-order chi connectivity index (χ1) is 15.0. The summed E-state index contributed by atoms with van der Waals surface area (Å²) in [5.74, 6) is -0.288. The first kappa shape index (κ1) is 21.8. The molecule has 1 aliphatic heterocycles. The standard InChI is InChI=1S/C21H23N3O5S2/c1-28-17-7-6-14(12-19(17)31(26,27)24-8-10-29-11-9-24)20(25)23-21-16(13-22)15-4-2-3-5-18(15)30-21/h6-7,12H,2-5,8-11H2,1H3,(H,23,25). The Morgan fingerprint density at radius 3 is 2.71 bits per heavy atom. The molecular weight excluding hydrogens is 438 g/mol. The predicted octanol–water partition coefficient (Wildman–Crippen LogP) is 2.78. The SMILES string of the molecule is COc1ccc(C(=O)Nc2sc3c(c2C#N)CCCC3)cc1S(=O)(=O)N1CCOCC1. The quantitative estimate of drug-likeness (QED) is 0.733. The molecule has 4 rings (SSSR count). The predicted molar refractivity (Wildman–Crippen MR) is 116 cm³/mol. The fraction of sp³-hybridized carbons (Fsp3) is 0.429. The molecule has 31 heavy (non-hydrogen) atoms. The van der Waals surface area contributed by atoms with Gasteiger partial charge in [-0.3, -0.25) is 4.79 Å². The van der Waals surface area contributed by atoms with E-state index in [1.54, 1.807) is 0 Å². The molecule has 2 aliphatic rings. The lowest BCUT2D eigenvalue weighted by molar-refractivity contribution is 0.0729. The van der Waals surface area contributed by atoms with Crippen LogP contribution in [0.25, 0.3) is 0 Å². The summed E-state index contributed by atoms with van der Waals surface area (Å²) < 4.78 is 38.1. The number of morpholine rings is 1. The van der Waals surface area contributed by atoms with Crippen LogP contribution in [0.15, 0.2) is 23.1 Å². The van der Waals surface area contributed by atoms with E-state index in [2.05, 4.69) is 11.4 Å². The highest BCUT2D eigenvalue weighted by molar-refractivity contribution is 7.89. The first-order valence-corrected chi connectivity index (χ1v) is 12.3. The number of aryl methyl sites for hydroxylation is 1. The summed E-state index contributed by atoms with van der Waals surface area (Å²) in [5, 5.41) is 12.9. The van der Waals surface area contributed by atoms with Crippen molar-refractivity contribution in [3.63, 3.8) is 0 Å². The number of ether oxygens (including phenoxy) is 2. The molecule has 0 spiro atoms. The zero-order valence-electron chi connectivity index (χ0n) is 17.1. The van der Waals surface area contributed by atoms with Gasteiger partial charge in [-0.2, -0.15) is 9.57 Å². The van der Waals surface area contributed by atoms with Crippen LogP contribution in [0.1, 0.15) is 39.2 Å². The number of sulfonamides is 1. The topological polar surface area (TPSA) is 109 Å². The van der Waals surface area contributed by atoms with Crippen LogP contribution < -0.4 is 10.1 Å². The number of nitrogens with zero attached hydrogens (tertiary/aromatic N) is 2. The summed E-state index contributed by atoms with van der Waals surface area (Å²) in [6.45, 7) is 1.13. The highest BCUT2D eigenvalue weighted by atomic mass is 32.2. The molecule has 8 nitrogen and oxygen atoms in total. The molecule has 0 unspecified atom stereocenters. The minimum absolute atomic E-state index is 0.0597. The van der Waals surface area contributed by atoms with E-state index >= 15 is 0 Å². The first-order valence-electron chi connectivity index (χ1n) is 10.1. The third-order valence-electron chi connectivity index (χ3n) is 5.52. The molecule has 1 saturated heterocycles. The Morgan fingerprint density at radius 1 is 1.26 bits per heavy atom. The van der Waals surface area contributed by atoms with Crippen molar-refractivity contribution in [1.82, 2.24) is 4.31 Å². The van der Waals surface area contributed by atoms with E-state index in [1.807, 2.05) is 0 Å². The Kier molecular flexibility index (Phi) is 6.29. The Labute approximate surface area is 185 Å². The van der Waals surface area contributed by atoms with Gasteiger partial charge in [0.2, 0.25) is 10.0 Å². The zero-order chi connectivity index (χ0) is 22.0. The van der Waals surface area contributed by atoms with E-state index in [1.165, 1.54) is 41.0 Å². The number of thiophene rings is 1. The Hall–Kier alpha value is -2.45. The van der Waals surface area contributed by atoms with Crippen LogP contribution >= 0.6 is 11.3 Å². The van der Waals surface area contributed by atoms with Crippen molar-refractivity contribution in [3.8, 4) is 11.8 Å². The summed E-state index contributed by atoms with van der Waals surface area (Å²) in [5.41, 5.74) is 1.73. The van der Waals surface area contributed by atoms with Gasteiger partial charge < -0.3 is 14.8 Å². The number of carbonyl (C=O) groups excluding carboxylic acids is 1. The van der Waals surface area contributed by atoms with Crippen molar-refractivity contribution >= 4 is 32.3 Å². The van der Waals surface area contributed by atoms with Gasteiger partial charge in [-0.15, -0.1) is 11.3 Å². The lowest BCUT2D eigenvalue weighted by atomic mass is 9.96. The average molecular weight is 462 g/mol. The highest BCUT2D eigenvalue weighted by Gasteiger charge is 2.30. The maximum absolute atomic E-state index is 13.2. The summed E-state index contributed by atoms with van der Waals surface area (Å²) in [6.07, 6.45) is 3.87. The van der Waals surface area contributed by atoms with E-state index in [-0.39, 0.29) is 29.3 Å². The number of amides is 1. The van der Waals surface area contributed by atoms with Gasteiger partial charge in [0.15, 0.2) is 0 Å². The number of methoxy groups -OCH3 is 1. The number of rotatable bonds is 5. The molecule has 1 amide bonds. The van der Waals surface area contributed by atoms with Crippen LogP contribution in [0.3, 0.4) is 0 Å². The number of benzene rings is 1. The molecule has 10 heteroatoms. The van der Waals surface area contributed by atoms with Crippen molar-refractivity contribution in [2.75, 3.05) is 38.7 Å². The van der Waals surface area contributed by atoms with Crippen molar-refractivity contribution < 1.29 is 22.7 Å². The number of nitrogens with one attached hydrogen (secondary N) is 1. The second-order valence-electron chi connectivity index (χ2n) is 7.36. The molecule has 1 N–H and O–H groups in total. The van der Waals surface area contributed by atoms with E-state index in [9.17, 15) is 18.5 Å². The van der Waals surface area contributed by atoms with Gasteiger partial charge in [-0.05, 0) is 49.4 Å². The summed E-state index contributed by atoms with van der Waals surface area (Å²) >= 11 is 1.43. The highest BCUT2D eigenvalue weighted by Crippen LogP contribution is 2.38. The van der Waals surface area contributed by atoms with Crippen LogP contribution in [0.5, 0.6) is 5.75 Å². The van der Waals surface area contributed by atoms with Crippen LogP contribution in [-0.2, 0) is 27.6 Å². The van der Waals surface area contributed by atoms with Crippen molar-refractivity contribution in [1.29, 1.82) is 5.26 Å². The number of fused-ring (bicyclic) bond motifs is 1. The summed E-state index contributed by atoms with van der Waals surface area (Å²) in [6, 6.07) is 6.55. The van der Waals surface area contributed by atoms with Gasteiger partial charge in [-0.1, -0.05) is 0 Å². The normalized spacial score (nSPS) is 16.9. The molecule has 0 atom stereocenters. The van der Waals surface area contributed by atoms with Gasteiger partial charge >= 0.3 is 0 Å². The molecular formula is C21H23N3O5S2. The largest absolute Gasteiger partial charge is 0.495 e. The summed E-state index contributed by atoms with van der Waals surface area (Å²) in [4.78, 5) is 14.0. The number of carbonyl (C=O) groups is 1. The van der Waals surface area contributed by atoms with Crippen LogP contribution in [0.2, 0.25) is 0 Å². The molecule has 1 aromatic carbocycles. The second kappa shape index (κ2) is 8.96. The van der Waals surface area contributed by atoms with Gasteiger partial charge in [0.25, 0.3) is 5.91 Å². The molecule has 0 radical (unpaired) electrons. The molecule has 1 aromatic heterocycles. The van der Waals surface area contributed by atoms with E-state index < -0.39 is 15.9 Å². The van der Waals surface area contributed by atoms with Gasteiger partial charge in [0.1, 0.15) is 21.7 Å². The number of hydrogen-bond donors (Lipinski definition) is 1. The molecule has 0 bridgehead atoms. The maximum atomic E-state index is 13.2. The van der Waals surface area contributed by atoms with Crippen LogP contribution in [-0.4, -0.2) is 52.0 Å². The second-order valence-corrected chi connectivity index (χ2v) is 10.4. The zero-order valence-corrected chi connectivity index (χ0v) is 18.8. The van der Waals surface area contributed by atoms with Crippen molar-refractivity contribution in [2.45, 2.75) is 30.6 Å². The maximum Gasteiger partial charge on any atom is 0.256 e. The number of anilines is 1. The third kappa shape index (κ3) is 4.19. The minimum atomic E-state index is -3.85. The number of nitriles is 1. The Morgan fingerprint density at radius 2 is 2.00 bits per heavy atom. The van der Waals surface area contributed by atoms with Crippen molar-refractivity contribution in [3.05, 3.63) is 39.8 Å². The molecule has 1 aliphatic carbocycles. The molecule has 2 heterocycles. The third-order valence-corrected chi connectivity index (χ3v) is 8.65. The number of hydrogen-bond acceptors (Lipinski definition) is 7.